The van der Waals surface area contributed by atoms with Crippen molar-refractivity contribution in [1.29, 1.82) is 0 Å². The van der Waals surface area contributed by atoms with Crippen LogP contribution in [0.25, 0.3) is 0 Å². The fourth-order valence-corrected chi connectivity index (χ4v) is 3.30. The molecule has 1 aliphatic carbocycles. The highest BCUT2D eigenvalue weighted by Crippen LogP contribution is 2.35. The molecule has 132 valence electrons. The van der Waals surface area contributed by atoms with Gasteiger partial charge in [-0.2, -0.15) is 0 Å². The molecule has 0 unspecified atom stereocenters. The van der Waals surface area contributed by atoms with Crippen LogP contribution in [0.2, 0.25) is 0 Å². The molecule has 0 fully saturated rings. The van der Waals surface area contributed by atoms with Gasteiger partial charge in [-0.15, -0.1) is 0 Å². The summed E-state index contributed by atoms with van der Waals surface area (Å²) in [5.74, 6) is -1.75. The van der Waals surface area contributed by atoms with E-state index in [1.54, 1.807) is 54.6 Å². The average molecular weight is 358 g/mol. The lowest BCUT2D eigenvalue weighted by Crippen LogP contribution is -2.23. The van der Waals surface area contributed by atoms with Gasteiger partial charge in [-0.1, -0.05) is 36.4 Å². The number of nitrogens with two attached hydrogens (primary N) is 1. The largest absolute Gasteiger partial charge is 0.478 e. The lowest BCUT2D eigenvalue weighted by atomic mass is 9.82. The van der Waals surface area contributed by atoms with Crippen molar-refractivity contribution in [2.75, 3.05) is 11.1 Å². The van der Waals surface area contributed by atoms with E-state index in [4.69, 9.17) is 5.73 Å². The number of aromatic carboxylic acids is 1. The van der Waals surface area contributed by atoms with E-state index in [9.17, 15) is 19.5 Å². The number of nitrogens with one attached hydrogen (secondary N) is 1. The van der Waals surface area contributed by atoms with Crippen molar-refractivity contribution in [2.45, 2.75) is 0 Å². The zero-order chi connectivity index (χ0) is 19.1. The van der Waals surface area contributed by atoms with Crippen LogP contribution in [0.3, 0.4) is 0 Å². The molecule has 0 aromatic heterocycles. The van der Waals surface area contributed by atoms with Gasteiger partial charge in [0.15, 0.2) is 11.6 Å². The molecule has 0 bridgehead atoms. The zero-order valence-corrected chi connectivity index (χ0v) is 14.0. The molecule has 0 saturated carbocycles. The molecule has 3 aromatic carbocycles. The summed E-state index contributed by atoms with van der Waals surface area (Å²) in [6.07, 6.45) is 0. The van der Waals surface area contributed by atoms with E-state index >= 15 is 0 Å². The van der Waals surface area contributed by atoms with E-state index in [2.05, 4.69) is 5.32 Å². The summed E-state index contributed by atoms with van der Waals surface area (Å²) in [5.41, 5.74) is 7.82. The highest BCUT2D eigenvalue weighted by molar-refractivity contribution is 6.31. The zero-order valence-electron chi connectivity index (χ0n) is 14.0. The SMILES string of the molecule is Nc1cccc2c1C(=O)c1c(Nc3ccccc3C(=O)O)cccc1C2=O. The number of hydrogen-bond donors (Lipinski definition) is 3. The Balaban J connectivity index is 1.88. The Morgan fingerprint density at radius 3 is 2.15 bits per heavy atom. The first-order valence-corrected chi connectivity index (χ1v) is 8.19. The second-order valence-electron chi connectivity index (χ2n) is 6.13. The van der Waals surface area contributed by atoms with Gasteiger partial charge in [0.2, 0.25) is 0 Å². The molecule has 27 heavy (non-hydrogen) atoms. The molecular formula is C21H14N2O4. The Hall–Kier alpha value is -3.93. The number of carbonyl (C=O) groups excluding carboxylic acids is 2. The molecule has 1 aliphatic rings. The van der Waals surface area contributed by atoms with Crippen molar-refractivity contribution in [3.05, 3.63) is 88.5 Å². The van der Waals surface area contributed by atoms with Crippen molar-refractivity contribution >= 4 is 34.6 Å². The topological polar surface area (TPSA) is 109 Å². The van der Waals surface area contributed by atoms with E-state index in [0.717, 1.165) is 0 Å². The summed E-state index contributed by atoms with van der Waals surface area (Å²) in [4.78, 5) is 37.4. The third-order valence-corrected chi connectivity index (χ3v) is 4.53. The quantitative estimate of drug-likeness (QED) is 0.484. The first-order valence-electron chi connectivity index (χ1n) is 8.19. The Kier molecular flexibility index (Phi) is 3.74. The molecule has 0 radical (unpaired) electrons. The maximum absolute atomic E-state index is 13.1. The van der Waals surface area contributed by atoms with Crippen molar-refractivity contribution in [1.82, 2.24) is 0 Å². The molecule has 6 heteroatoms. The van der Waals surface area contributed by atoms with Crippen LogP contribution in [0.4, 0.5) is 17.1 Å². The molecule has 0 amide bonds. The minimum atomic E-state index is -1.10. The van der Waals surface area contributed by atoms with Crippen LogP contribution in [-0.4, -0.2) is 22.6 Å². The van der Waals surface area contributed by atoms with E-state index in [1.165, 1.54) is 6.07 Å². The van der Waals surface area contributed by atoms with Crippen LogP contribution in [-0.2, 0) is 0 Å². The average Bonchev–Trinajstić information content (AvgIpc) is 2.66. The summed E-state index contributed by atoms with van der Waals surface area (Å²) in [6, 6.07) is 16.0. The smallest absolute Gasteiger partial charge is 0.337 e. The highest BCUT2D eigenvalue weighted by atomic mass is 16.4. The van der Waals surface area contributed by atoms with Gasteiger partial charge in [0.1, 0.15) is 0 Å². The third kappa shape index (κ3) is 2.55. The van der Waals surface area contributed by atoms with Gasteiger partial charge in [-0.05, 0) is 24.3 Å². The van der Waals surface area contributed by atoms with E-state index in [-0.39, 0.29) is 45.1 Å². The van der Waals surface area contributed by atoms with Gasteiger partial charge in [0, 0.05) is 16.8 Å². The Morgan fingerprint density at radius 1 is 0.778 bits per heavy atom. The lowest BCUT2D eigenvalue weighted by molar-refractivity contribution is 0.0697. The monoisotopic (exact) mass is 358 g/mol. The molecule has 4 N–H and O–H groups in total. The molecule has 3 aromatic rings. The Morgan fingerprint density at radius 2 is 1.41 bits per heavy atom. The number of benzene rings is 3. The number of nitrogen functional groups attached to an aromatic ring is 1. The van der Waals surface area contributed by atoms with Crippen LogP contribution in [0.15, 0.2) is 60.7 Å². The summed E-state index contributed by atoms with van der Waals surface area (Å²) >= 11 is 0. The predicted molar refractivity (Wildman–Crippen MR) is 101 cm³/mol. The minimum Gasteiger partial charge on any atom is -0.478 e. The van der Waals surface area contributed by atoms with Crippen molar-refractivity contribution in [3.63, 3.8) is 0 Å². The van der Waals surface area contributed by atoms with Gasteiger partial charge in [-0.25, -0.2) is 4.79 Å². The third-order valence-electron chi connectivity index (χ3n) is 4.53. The normalized spacial score (nSPS) is 12.3. The van der Waals surface area contributed by atoms with E-state index in [0.29, 0.717) is 11.4 Å². The summed E-state index contributed by atoms with van der Waals surface area (Å²) in [5, 5.41) is 12.4. The highest BCUT2D eigenvalue weighted by Gasteiger charge is 2.33. The molecule has 0 heterocycles. The lowest BCUT2D eigenvalue weighted by Gasteiger charge is -2.22. The predicted octanol–water partition coefficient (Wildman–Crippen LogP) is 3.49. The molecule has 6 nitrogen and oxygen atoms in total. The minimum absolute atomic E-state index is 0.0598. The molecule has 0 saturated heterocycles. The van der Waals surface area contributed by atoms with Crippen LogP contribution < -0.4 is 11.1 Å². The van der Waals surface area contributed by atoms with Crippen molar-refractivity contribution in [3.8, 4) is 0 Å². The number of para-hydroxylation sites is 1. The van der Waals surface area contributed by atoms with Crippen LogP contribution in [0, 0.1) is 0 Å². The first-order chi connectivity index (χ1) is 13.0. The van der Waals surface area contributed by atoms with Crippen LogP contribution >= 0.6 is 0 Å². The van der Waals surface area contributed by atoms with Gasteiger partial charge in [0.25, 0.3) is 0 Å². The fourth-order valence-electron chi connectivity index (χ4n) is 3.30. The number of carboxylic acid groups (broad SMARTS) is 1. The fraction of sp³-hybridized carbons (Fsp3) is 0. The molecule has 0 atom stereocenters. The molecule has 0 aliphatic heterocycles. The van der Waals surface area contributed by atoms with Gasteiger partial charge >= 0.3 is 5.97 Å². The maximum atomic E-state index is 13.1. The standard InChI is InChI=1S/C21H14N2O4/c22-14-8-3-6-12-17(14)20(25)18-13(19(12)24)7-4-10-16(18)23-15-9-2-1-5-11(15)21(26)27/h1-10,23H,22H2,(H,26,27). The van der Waals surface area contributed by atoms with E-state index < -0.39 is 5.97 Å². The number of ketones is 2. The Labute approximate surface area is 154 Å². The number of rotatable bonds is 3. The number of fused-ring (bicyclic) bond motifs is 2. The number of carboxylic acids is 1. The Bertz CT molecular complexity index is 1130. The van der Waals surface area contributed by atoms with Gasteiger partial charge in [-0.3, -0.25) is 9.59 Å². The van der Waals surface area contributed by atoms with E-state index in [1.807, 2.05) is 0 Å². The molecule has 4 rings (SSSR count). The number of hydrogen-bond acceptors (Lipinski definition) is 5. The van der Waals surface area contributed by atoms with Crippen LogP contribution in [0.1, 0.15) is 42.2 Å². The van der Waals surface area contributed by atoms with Crippen molar-refractivity contribution < 1.29 is 19.5 Å². The second-order valence-corrected chi connectivity index (χ2v) is 6.13. The van der Waals surface area contributed by atoms with Crippen molar-refractivity contribution in [2.24, 2.45) is 0 Å². The number of carbonyl (C=O) groups is 3. The summed E-state index contributed by atoms with van der Waals surface area (Å²) < 4.78 is 0. The second kappa shape index (κ2) is 6.10. The summed E-state index contributed by atoms with van der Waals surface area (Å²) in [6.45, 7) is 0. The van der Waals surface area contributed by atoms with Gasteiger partial charge < -0.3 is 16.2 Å². The number of anilines is 3. The summed E-state index contributed by atoms with van der Waals surface area (Å²) in [7, 11) is 0. The van der Waals surface area contributed by atoms with Crippen LogP contribution in [0.5, 0.6) is 0 Å². The van der Waals surface area contributed by atoms with Gasteiger partial charge in [0.05, 0.1) is 28.1 Å². The first kappa shape index (κ1) is 16.5. The maximum Gasteiger partial charge on any atom is 0.337 e. The molecular weight excluding hydrogens is 344 g/mol. The molecule has 0 spiro atoms.